The molecule has 0 radical (unpaired) electrons. The molecule has 0 aromatic heterocycles. The summed E-state index contributed by atoms with van der Waals surface area (Å²) in [6.45, 7) is -0.241. The number of hydrogen-bond acceptors (Lipinski definition) is 4. The van der Waals surface area contributed by atoms with Crippen molar-refractivity contribution in [2.45, 2.75) is 38.9 Å². The maximum atomic E-state index is 12.3. The summed E-state index contributed by atoms with van der Waals surface area (Å²) >= 11 is 0. The Hall–Kier alpha value is -1.89. The van der Waals surface area contributed by atoms with Crippen LogP contribution in [-0.4, -0.2) is 37.0 Å². The van der Waals surface area contributed by atoms with Gasteiger partial charge in [0.15, 0.2) is 5.84 Å². The van der Waals surface area contributed by atoms with E-state index in [1.807, 2.05) is 0 Å². The number of para-hydroxylation sites is 1. The fourth-order valence-electron chi connectivity index (χ4n) is 2.57. The van der Waals surface area contributed by atoms with Gasteiger partial charge in [0.05, 0.1) is 6.54 Å². The van der Waals surface area contributed by atoms with Crippen molar-refractivity contribution in [3.8, 4) is 5.75 Å². The molecule has 1 saturated heterocycles. The van der Waals surface area contributed by atoms with Crippen molar-refractivity contribution in [2.75, 3.05) is 19.6 Å². The molecule has 0 amide bonds. The lowest BCUT2D eigenvalue weighted by molar-refractivity contribution is -0.0513. The number of halogens is 2. The molecule has 0 unspecified atom stereocenters. The Morgan fingerprint density at radius 3 is 2.57 bits per heavy atom. The minimum absolute atomic E-state index is 0.0313. The Bertz CT molecular complexity index is 504. The van der Waals surface area contributed by atoms with Crippen molar-refractivity contribution >= 4 is 5.84 Å². The van der Waals surface area contributed by atoms with Gasteiger partial charge in [-0.1, -0.05) is 36.2 Å². The number of alkyl halides is 2. The van der Waals surface area contributed by atoms with Crippen molar-refractivity contribution in [3.63, 3.8) is 0 Å². The molecule has 1 heterocycles. The van der Waals surface area contributed by atoms with Crippen molar-refractivity contribution in [1.82, 2.24) is 4.90 Å². The zero-order valence-corrected chi connectivity index (χ0v) is 13.1. The number of rotatable bonds is 7. The van der Waals surface area contributed by atoms with Gasteiger partial charge >= 0.3 is 6.61 Å². The first kappa shape index (κ1) is 17.5. The maximum Gasteiger partial charge on any atom is 0.387 e. The zero-order chi connectivity index (χ0) is 16.5. The van der Waals surface area contributed by atoms with E-state index in [-0.39, 0.29) is 12.4 Å². The van der Waals surface area contributed by atoms with E-state index in [9.17, 15) is 8.78 Å². The highest BCUT2D eigenvalue weighted by molar-refractivity contribution is 5.81. The second kappa shape index (κ2) is 9.29. The fourth-order valence-corrected chi connectivity index (χ4v) is 2.57. The van der Waals surface area contributed by atoms with Gasteiger partial charge in [-0.3, -0.25) is 4.90 Å². The fraction of sp³-hybridized carbons (Fsp3) is 0.562. The summed E-state index contributed by atoms with van der Waals surface area (Å²) < 4.78 is 29.1. The van der Waals surface area contributed by atoms with Crippen LogP contribution in [0.5, 0.6) is 5.75 Å². The number of oxime groups is 1. The van der Waals surface area contributed by atoms with Crippen molar-refractivity contribution in [2.24, 2.45) is 10.9 Å². The Balaban J connectivity index is 1.83. The number of amidine groups is 1. The molecule has 1 aromatic carbocycles. The average molecular weight is 327 g/mol. The van der Waals surface area contributed by atoms with Crippen molar-refractivity contribution in [3.05, 3.63) is 29.8 Å². The second-order valence-corrected chi connectivity index (χ2v) is 5.53. The summed E-state index contributed by atoms with van der Waals surface area (Å²) in [6.07, 6.45) is 4.86. The molecule has 1 aromatic rings. The van der Waals surface area contributed by atoms with Crippen molar-refractivity contribution in [1.29, 1.82) is 0 Å². The summed E-state index contributed by atoms with van der Waals surface area (Å²) in [4.78, 5) is 7.44. The van der Waals surface area contributed by atoms with Gasteiger partial charge in [0.1, 0.15) is 12.4 Å². The number of ether oxygens (including phenoxy) is 1. The first-order valence-corrected chi connectivity index (χ1v) is 7.84. The minimum Gasteiger partial charge on any atom is -0.434 e. The standard InChI is InChI=1S/C16H23F2N3O2/c17-16(18)23-14-8-4-3-7-13(14)12-22-20-15(19)11-21-9-5-1-2-6-10-21/h3-4,7-8,16H,1-2,5-6,9-12H2,(H2,19,20). The van der Waals surface area contributed by atoms with Gasteiger partial charge in [0, 0.05) is 5.56 Å². The largest absolute Gasteiger partial charge is 0.434 e. The Labute approximate surface area is 135 Å². The molecule has 0 atom stereocenters. The highest BCUT2D eigenvalue weighted by Gasteiger charge is 2.11. The van der Waals surface area contributed by atoms with E-state index in [2.05, 4.69) is 14.8 Å². The lowest BCUT2D eigenvalue weighted by atomic mass is 10.2. The first-order chi connectivity index (χ1) is 11.1. The average Bonchev–Trinajstić information content (AvgIpc) is 2.77. The maximum absolute atomic E-state index is 12.3. The van der Waals surface area contributed by atoms with Crippen LogP contribution in [-0.2, 0) is 11.4 Å². The number of nitrogens with zero attached hydrogens (tertiary/aromatic N) is 2. The Morgan fingerprint density at radius 1 is 1.17 bits per heavy atom. The molecule has 7 heteroatoms. The number of nitrogens with two attached hydrogens (primary N) is 1. The molecule has 0 aliphatic carbocycles. The molecule has 128 valence electrons. The van der Waals surface area contributed by atoms with Crippen LogP contribution in [0.2, 0.25) is 0 Å². The molecule has 0 bridgehead atoms. The summed E-state index contributed by atoms with van der Waals surface area (Å²) in [7, 11) is 0. The smallest absolute Gasteiger partial charge is 0.387 e. The van der Waals surface area contributed by atoms with Gasteiger partial charge in [-0.05, 0) is 32.0 Å². The van der Waals surface area contributed by atoms with Gasteiger partial charge in [0.25, 0.3) is 0 Å². The molecule has 2 N–H and O–H groups in total. The third kappa shape index (κ3) is 6.40. The molecule has 1 aliphatic heterocycles. The molecule has 1 aliphatic rings. The monoisotopic (exact) mass is 327 g/mol. The van der Waals surface area contributed by atoms with E-state index in [1.54, 1.807) is 18.2 Å². The second-order valence-electron chi connectivity index (χ2n) is 5.53. The highest BCUT2D eigenvalue weighted by Crippen LogP contribution is 2.21. The number of likely N-dealkylation sites (tertiary alicyclic amines) is 1. The summed E-state index contributed by atoms with van der Waals surface area (Å²) in [5.41, 5.74) is 6.37. The zero-order valence-electron chi connectivity index (χ0n) is 13.1. The molecule has 2 rings (SSSR count). The van der Waals surface area contributed by atoms with Gasteiger partial charge in [-0.15, -0.1) is 0 Å². The van der Waals surface area contributed by atoms with Crippen LogP contribution in [0, 0.1) is 0 Å². The highest BCUT2D eigenvalue weighted by atomic mass is 19.3. The normalized spacial score (nSPS) is 17.1. The Kier molecular flexibility index (Phi) is 7.06. The molecular formula is C16H23F2N3O2. The Morgan fingerprint density at radius 2 is 1.87 bits per heavy atom. The van der Waals surface area contributed by atoms with Gasteiger partial charge in [-0.25, -0.2) is 0 Å². The van der Waals surface area contributed by atoms with Crippen LogP contribution in [0.25, 0.3) is 0 Å². The van der Waals surface area contributed by atoms with E-state index in [1.165, 1.54) is 31.7 Å². The van der Waals surface area contributed by atoms with Crippen LogP contribution < -0.4 is 10.5 Å². The van der Waals surface area contributed by atoms with Gasteiger partial charge in [0.2, 0.25) is 0 Å². The predicted molar refractivity (Wildman–Crippen MR) is 84.4 cm³/mol. The molecule has 0 saturated carbocycles. The van der Waals surface area contributed by atoms with Gasteiger partial charge in [-0.2, -0.15) is 8.78 Å². The van der Waals surface area contributed by atoms with E-state index < -0.39 is 6.61 Å². The molecule has 5 nitrogen and oxygen atoms in total. The molecule has 0 spiro atoms. The summed E-state index contributed by atoms with van der Waals surface area (Å²) in [6, 6.07) is 6.47. The van der Waals surface area contributed by atoms with E-state index >= 15 is 0 Å². The quantitative estimate of drug-likeness (QED) is 0.475. The van der Waals surface area contributed by atoms with Crippen LogP contribution in [0.1, 0.15) is 31.2 Å². The predicted octanol–water partition coefficient (Wildman–Crippen LogP) is 2.95. The SMILES string of the molecule is N/C(CN1CCCCCC1)=N/OCc1ccccc1OC(F)F. The summed E-state index contributed by atoms with van der Waals surface area (Å²) in [5.74, 6) is 0.475. The first-order valence-electron chi connectivity index (χ1n) is 7.84. The molecular weight excluding hydrogens is 304 g/mol. The van der Waals surface area contributed by atoms with E-state index in [0.717, 1.165) is 13.1 Å². The minimum atomic E-state index is -2.87. The third-order valence-corrected chi connectivity index (χ3v) is 3.67. The third-order valence-electron chi connectivity index (χ3n) is 3.67. The lowest BCUT2D eigenvalue weighted by Gasteiger charge is -2.18. The van der Waals surface area contributed by atoms with E-state index in [4.69, 9.17) is 10.6 Å². The summed E-state index contributed by atoms with van der Waals surface area (Å²) in [5, 5.41) is 3.87. The molecule has 23 heavy (non-hydrogen) atoms. The van der Waals surface area contributed by atoms with Crippen LogP contribution in [0.3, 0.4) is 0 Å². The number of hydrogen-bond donors (Lipinski definition) is 1. The lowest BCUT2D eigenvalue weighted by Crippen LogP contribution is -2.34. The van der Waals surface area contributed by atoms with Gasteiger partial charge < -0.3 is 15.3 Å². The number of benzene rings is 1. The van der Waals surface area contributed by atoms with Crippen molar-refractivity contribution < 1.29 is 18.4 Å². The van der Waals surface area contributed by atoms with Crippen LogP contribution in [0.15, 0.2) is 29.4 Å². The van der Waals surface area contributed by atoms with Crippen LogP contribution >= 0.6 is 0 Å². The van der Waals surface area contributed by atoms with Crippen LogP contribution in [0.4, 0.5) is 8.78 Å². The van der Waals surface area contributed by atoms with E-state index in [0.29, 0.717) is 17.9 Å². The topological polar surface area (TPSA) is 60.1 Å². The molecule has 1 fully saturated rings.